The molecule has 60 valence electrons. The van der Waals surface area contributed by atoms with Crippen molar-refractivity contribution in [3.05, 3.63) is 29.5 Å². The molecule has 0 saturated carbocycles. The summed E-state index contributed by atoms with van der Waals surface area (Å²) in [5, 5.41) is 4.71. The summed E-state index contributed by atoms with van der Waals surface area (Å²) in [6, 6.07) is 5.26. The van der Waals surface area contributed by atoms with E-state index in [0.29, 0.717) is 5.56 Å². The van der Waals surface area contributed by atoms with E-state index in [-0.39, 0.29) is 0 Å². The number of hydrogen-bond acceptors (Lipinski definition) is 3. The molecule has 2 aromatic rings. The van der Waals surface area contributed by atoms with Crippen LogP contribution in [0.3, 0.4) is 0 Å². The van der Waals surface area contributed by atoms with Crippen molar-refractivity contribution in [3.63, 3.8) is 0 Å². The van der Waals surface area contributed by atoms with E-state index in [4.69, 9.17) is 4.52 Å². The minimum Gasteiger partial charge on any atom is -0.360 e. The van der Waals surface area contributed by atoms with Crippen LogP contribution in [-0.4, -0.2) is 11.4 Å². The number of nitrogens with zero attached hydrogens (tertiary/aromatic N) is 1. The van der Waals surface area contributed by atoms with Gasteiger partial charge in [0.15, 0.2) is 0 Å². The lowest BCUT2D eigenvalue weighted by molar-refractivity contribution is 0.112. The molecule has 0 amide bonds. The van der Waals surface area contributed by atoms with E-state index in [1.807, 2.05) is 6.92 Å². The zero-order valence-electron chi connectivity index (χ0n) is 6.57. The van der Waals surface area contributed by atoms with Crippen molar-refractivity contribution < 1.29 is 9.32 Å². The third-order valence-corrected chi connectivity index (χ3v) is 1.82. The second-order valence-electron chi connectivity index (χ2n) is 2.63. The van der Waals surface area contributed by atoms with Crippen LogP contribution in [0.2, 0.25) is 0 Å². The van der Waals surface area contributed by atoms with Gasteiger partial charge < -0.3 is 4.52 Å². The Morgan fingerprint density at radius 1 is 1.50 bits per heavy atom. The summed E-state index contributed by atoms with van der Waals surface area (Å²) in [5.74, 6) is 0.744. The quantitative estimate of drug-likeness (QED) is 0.600. The Hall–Kier alpha value is -1.64. The van der Waals surface area contributed by atoms with Gasteiger partial charge in [0.25, 0.3) is 0 Å². The normalized spacial score (nSPS) is 10.4. The van der Waals surface area contributed by atoms with Crippen LogP contribution in [0.4, 0.5) is 0 Å². The van der Waals surface area contributed by atoms with Gasteiger partial charge in [-0.2, -0.15) is 0 Å². The molecule has 0 spiro atoms. The molecular formula is C9H7NO2. The number of carbonyl (C=O) groups excluding carboxylic acids is 1. The minimum atomic E-state index is 0.647. The maximum atomic E-state index is 10.4. The largest absolute Gasteiger partial charge is 0.360 e. The van der Waals surface area contributed by atoms with E-state index in [2.05, 4.69) is 5.16 Å². The molecule has 0 aliphatic carbocycles. The molecule has 0 atom stereocenters. The van der Waals surface area contributed by atoms with Gasteiger partial charge in [0, 0.05) is 10.9 Å². The molecule has 0 saturated heterocycles. The molecule has 3 heteroatoms. The Bertz CT molecular complexity index is 431. The number of carbonyl (C=O) groups is 1. The highest BCUT2D eigenvalue weighted by atomic mass is 16.5. The van der Waals surface area contributed by atoms with Crippen molar-refractivity contribution in [1.82, 2.24) is 5.16 Å². The Kier molecular flexibility index (Phi) is 1.43. The second kappa shape index (κ2) is 2.44. The molecule has 0 aliphatic rings. The third kappa shape index (κ3) is 0.906. The highest BCUT2D eigenvalue weighted by Crippen LogP contribution is 2.17. The van der Waals surface area contributed by atoms with Crippen LogP contribution in [-0.2, 0) is 0 Å². The van der Waals surface area contributed by atoms with Crippen LogP contribution in [0.25, 0.3) is 10.9 Å². The summed E-state index contributed by atoms with van der Waals surface area (Å²) in [5.41, 5.74) is 1.44. The SMILES string of the molecule is Cc1onc2ccc(C=O)cc12. The summed E-state index contributed by atoms with van der Waals surface area (Å²) >= 11 is 0. The lowest BCUT2D eigenvalue weighted by Gasteiger charge is -1.88. The van der Waals surface area contributed by atoms with Crippen LogP contribution in [0.1, 0.15) is 16.1 Å². The highest BCUT2D eigenvalue weighted by molar-refractivity contribution is 5.87. The number of fused-ring (bicyclic) bond motifs is 1. The van der Waals surface area contributed by atoms with E-state index in [0.717, 1.165) is 22.9 Å². The van der Waals surface area contributed by atoms with Gasteiger partial charge in [-0.1, -0.05) is 5.16 Å². The minimum absolute atomic E-state index is 0.647. The van der Waals surface area contributed by atoms with Crippen molar-refractivity contribution in [3.8, 4) is 0 Å². The van der Waals surface area contributed by atoms with Crippen LogP contribution >= 0.6 is 0 Å². The summed E-state index contributed by atoms with van der Waals surface area (Å²) < 4.78 is 4.95. The predicted octanol–water partition coefficient (Wildman–Crippen LogP) is 1.95. The molecule has 2 rings (SSSR count). The monoisotopic (exact) mass is 161 g/mol. The van der Waals surface area contributed by atoms with Crippen molar-refractivity contribution >= 4 is 17.2 Å². The maximum absolute atomic E-state index is 10.4. The fraction of sp³-hybridized carbons (Fsp3) is 0.111. The van der Waals surface area contributed by atoms with Gasteiger partial charge in [0.1, 0.15) is 17.6 Å². The average Bonchev–Trinajstić information content (AvgIpc) is 2.47. The zero-order chi connectivity index (χ0) is 8.55. The Morgan fingerprint density at radius 2 is 2.33 bits per heavy atom. The summed E-state index contributed by atoms with van der Waals surface area (Å²) in [7, 11) is 0. The van der Waals surface area contributed by atoms with E-state index in [1.54, 1.807) is 18.2 Å². The molecule has 1 aromatic carbocycles. The fourth-order valence-electron chi connectivity index (χ4n) is 1.16. The van der Waals surface area contributed by atoms with E-state index in [1.165, 1.54) is 0 Å². The molecule has 12 heavy (non-hydrogen) atoms. The molecule has 1 heterocycles. The van der Waals surface area contributed by atoms with Gasteiger partial charge in [0.2, 0.25) is 0 Å². The fourth-order valence-corrected chi connectivity index (χ4v) is 1.16. The van der Waals surface area contributed by atoms with Crippen LogP contribution in [0.5, 0.6) is 0 Å². The molecule has 0 aliphatic heterocycles. The molecular weight excluding hydrogens is 154 g/mol. The van der Waals surface area contributed by atoms with Gasteiger partial charge >= 0.3 is 0 Å². The molecule has 3 nitrogen and oxygen atoms in total. The van der Waals surface area contributed by atoms with Crippen molar-refractivity contribution in [2.75, 3.05) is 0 Å². The molecule has 0 fully saturated rings. The van der Waals surface area contributed by atoms with Gasteiger partial charge in [-0.25, -0.2) is 0 Å². The van der Waals surface area contributed by atoms with Crippen LogP contribution < -0.4 is 0 Å². The van der Waals surface area contributed by atoms with Gasteiger partial charge in [0.05, 0.1) is 0 Å². The molecule has 0 radical (unpaired) electrons. The summed E-state index contributed by atoms with van der Waals surface area (Å²) in [4.78, 5) is 10.4. The average molecular weight is 161 g/mol. The number of aromatic nitrogens is 1. The predicted molar refractivity (Wildman–Crippen MR) is 44.1 cm³/mol. The van der Waals surface area contributed by atoms with Gasteiger partial charge in [-0.15, -0.1) is 0 Å². The lowest BCUT2D eigenvalue weighted by Crippen LogP contribution is -1.78. The number of benzene rings is 1. The summed E-state index contributed by atoms with van der Waals surface area (Å²) in [6.45, 7) is 1.82. The van der Waals surface area contributed by atoms with E-state index in [9.17, 15) is 4.79 Å². The molecule has 0 bridgehead atoms. The first-order valence-electron chi connectivity index (χ1n) is 3.62. The smallest absolute Gasteiger partial charge is 0.150 e. The first-order valence-corrected chi connectivity index (χ1v) is 3.62. The number of hydrogen-bond donors (Lipinski definition) is 0. The molecule has 1 aromatic heterocycles. The molecule has 0 N–H and O–H groups in total. The number of rotatable bonds is 1. The first-order chi connectivity index (χ1) is 5.81. The molecule has 0 unspecified atom stereocenters. The first kappa shape index (κ1) is 7.03. The van der Waals surface area contributed by atoms with Gasteiger partial charge in [-0.3, -0.25) is 4.79 Å². The maximum Gasteiger partial charge on any atom is 0.150 e. The topological polar surface area (TPSA) is 43.1 Å². The van der Waals surface area contributed by atoms with Gasteiger partial charge in [-0.05, 0) is 25.1 Å². The lowest BCUT2D eigenvalue weighted by atomic mass is 10.1. The van der Waals surface area contributed by atoms with E-state index >= 15 is 0 Å². The summed E-state index contributed by atoms with van der Waals surface area (Å²) in [6.07, 6.45) is 0.811. The van der Waals surface area contributed by atoms with E-state index < -0.39 is 0 Å². The Morgan fingerprint density at radius 3 is 3.08 bits per heavy atom. The Labute approximate surface area is 69.0 Å². The van der Waals surface area contributed by atoms with Crippen LogP contribution in [0, 0.1) is 6.92 Å². The van der Waals surface area contributed by atoms with Crippen molar-refractivity contribution in [2.45, 2.75) is 6.92 Å². The Balaban J connectivity index is 2.79. The standard InChI is InChI=1S/C9H7NO2/c1-6-8-4-7(5-11)2-3-9(8)10-12-6/h2-5H,1H3. The number of aldehydes is 1. The second-order valence-corrected chi connectivity index (χ2v) is 2.63. The van der Waals surface area contributed by atoms with Crippen LogP contribution in [0.15, 0.2) is 22.7 Å². The zero-order valence-corrected chi connectivity index (χ0v) is 6.57. The van der Waals surface area contributed by atoms with Crippen molar-refractivity contribution in [1.29, 1.82) is 0 Å². The number of aryl methyl sites for hydroxylation is 1. The third-order valence-electron chi connectivity index (χ3n) is 1.82. The van der Waals surface area contributed by atoms with Crippen molar-refractivity contribution in [2.24, 2.45) is 0 Å². The highest BCUT2D eigenvalue weighted by Gasteiger charge is 2.03.